The highest BCUT2D eigenvalue weighted by Gasteiger charge is 2.32. The van der Waals surface area contributed by atoms with Crippen molar-refractivity contribution in [3.63, 3.8) is 0 Å². The van der Waals surface area contributed by atoms with Gasteiger partial charge in [-0.05, 0) is 62.0 Å². The van der Waals surface area contributed by atoms with Gasteiger partial charge in [-0.2, -0.15) is 13.2 Å². The van der Waals surface area contributed by atoms with Crippen molar-refractivity contribution in [2.75, 3.05) is 32.1 Å². The molecule has 1 aliphatic heterocycles. The number of alkyl halides is 3. The molecule has 3 aromatic rings. The second-order valence-corrected chi connectivity index (χ2v) is 10.8. The number of fused-ring (bicyclic) bond motifs is 1. The lowest BCUT2D eigenvalue weighted by Crippen LogP contribution is -2.47. The van der Waals surface area contributed by atoms with Gasteiger partial charge >= 0.3 is 6.18 Å². The number of carbonyl (C=O) groups excluding carboxylic acids is 2. The highest BCUT2D eigenvalue weighted by Crippen LogP contribution is 2.31. The predicted octanol–water partition coefficient (Wildman–Crippen LogP) is 4.63. The number of anilines is 1. The largest absolute Gasteiger partial charge is 0.488 e. The molecule has 0 saturated heterocycles. The van der Waals surface area contributed by atoms with Crippen LogP contribution in [0.1, 0.15) is 40.9 Å². The van der Waals surface area contributed by atoms with Crippen LogP contribution in [-0.2, 0) is 23.9 Å². The number of aliphatic hydroxyl groups is 1. The minimum Gasteiger partial charge on any atom is -0.488 e. The van der Waals surface area contributed by atoms with Crippen molar-refractivity contribution >= 4 is 17.5 Å². The Bertz CT molecular complexity index is 1370. The second-order valence-electron chi connectivity index (χ2n) is 10.8. The molecule has 0 spiro atoms. The molecule has 3 atom stereocenters. The molecule has 1 aromatic heterocycles. The fourth-order valence-corrected chi connectivity index (χ4v) is 4.91. The van der Waals surface area contributed by atoms with Crippen molar-refractivity contribution < 1.29 is 32.6 Å². The molecule has 0 fully saturated rings. The number of hydrogen-bond donors (Lipinski definition) is 2. The summed E-state index contributed by atoms with van der Waals surface area (Å²) in [4.78, 5) is 33.7. The quantitative estimate of drug-likeness (QED) is 0.401. The highest BCUT2D eigenvalue weighted by molar-refractivity contribution is 6.04. The zero-order chi connectivity index (χ0) is 30.4. The molecule has 11 heteroatoms. The van der Waals surface area contributed by atoms with Gasteiger partial charge in [-0.15, -0.1) is 0 Å². The van der Waals surface area contributed by atoms with E-state index in [0.717, 1.165) is 17.7 Å². The molecule has 42 heavy (non-hydrogen) atoms. The summed E-state index contributed by atoms with van der Waals surface area (Å²) in [5, 5.41) is 12.7. The van der Waals surface area contributed by atoms with Crippen LogP contribution in [0.25, 0.3) is 0 Å². The third-order valence-electron chi connectivity index (χ3n) is 7.34. The number of benzene rings is 2. The summed E-state index contributed by atoms with van der Waals surface area (Å²) in [5.74, 6) is -0.136. The van der Waals surface area contributed by atoms with Crippen molar-refractivity contribution in [1.29, 1.82) is 0 Å². The first-order chi connectivity index (χ1) is 19.9. The summed E-state index contributed by atoms with van der Waals surface area (Å²) in [5.41, 5.74) is 1.55. The normalized spacial score (nSPS) is 18.4. The summed E-state index contributed by atoms with van der Waals surface area (Å²) in [6, 6.07) is 13.0. The maximum atomic E-state index is 13.4. The lowest BCUT2D eigenvalue weighted by Gasteiger charge is -2.34. The maximum absolute atomic E-state index is 13.4. The number of nitrogens with one attached hydrogen (secondary N) is 1. The van der Waals surface area contributed by atoms with Gasteiger partial charge in [0.1, 0.15) is 11.9 Å². The fourth-order valence-electron chi connectivity index (χ4n) is 4.91. The van der Waals surface area contributed by atoms with Crippen molar-refractivity contribution in [3.05, 3.63) is 89.2 Å². The van der Waals surface area contributed by atoms with Crippen LogP contribution in [0.5, 0.6) is 5.75 Å². The number of aromatic nitrogens is 1. The molecule has 0 unspecified atom stereocenters. The lowest BCUT2D eigenvalue weighted by molar-refractivity contribution is -0.137. The van der Waals surface area contributed by atoms with E-state index in [0.29, 0.717) is 42.2 Å². The van der Waals surface area contributed by atoms with Crippen LogP contribution in [0.4, 0.5) is 18.9 Å². The van der Waals surface area contributed by atoms with Crippen LogP contribution in [0.2, 0.25) is 0 Å². The molecule has 8 nitrogen and oxygen atoms in total. The first-order valence-electron chi connectivity index (χ1n) is 13.7. The van der Waals surface area contributed by atoms with E-state index in [9.17, 15) is 27.9 Å². The number of pyridine rings is 1. The fraction of sp³-hybridized carbons (Fsp3) is 0.387. The summed E-state index contributed by atoms with van der Waals surface area (Å²) in [6.07, 6.45) is -1.72. The Balaban J connectivity index is 1.57. The van der Waals surface area contributed by atoms with Crippen molar-refractivity contribution in [1.82, 2.24) is 14.8 Å². The Kier molecular flexibility index (Phi) is 9.85. The minimum absolute atomic E-state index is 0.0134. The Hall–Kier alpha value is -3.96. The van der Waals surface area contributed by atoms with E-state index >= 15 is 0 Å². The third-order valence-corrected chi connectivity index (χ3v) is 7.34. The lowest BCUT2D eigenvalue weighted by atomic mass is 10.0. The Labute approximate surface area is 243 Å². The van der Waals surface area contributed by atoms with Gasteiger partial charge in [-0.1, -0.05) is 19.1 Å². The first kappa shape index (κ1) is 31.0. The van der Waals surface area contributed by atoms with E-state index in [4.69, 9.17) is 4.74 Å². The van der Waals surface area contributed by atoms with E-state index in [1.54, 1.807) is 42.2 Å². The summed E-state index contributed by atoms with van der Waals surface area (Å²) in [6.45, 7) is 4.72. The molecule has 1 aliphatic rings. The number of carbonyl (C=O) groups is 2. The number of halogens is 3. The van der Waals surface area contributed by atoms with Crippen LogP contribution in [0.3, 0.4) is 0 Å². The van der Waals surface area contributed by atoms with Gasteiger partial charge in [0, 0.05) is 54.8 Å². The number of hydrogen-bond acceptors (Lipinski definition) is 6. The molecule has 0 saturated carbocycles. The third kappa shape index (κ3) is 7.86. The SMILES string of the molecule is C[C@H]1CN([C@@H](C)CO)C(=O)Cc2cc(NC(=O)c3ccncc3)ccc2O[C@H]1CN(C)Cc1ccc(C(F)(F)F)cc1. The molecule has 224 valence electrons. The Morgan fingerprint density at radius 3 is 2.50 bits per heavy atom. The Morgan fingerprint density at radius 2 is 1.86 bits per heavy atom. The van der Waals surface area contributed by atoms with Crippen LogP contribution in [-0.4, -0.2) is 70.6 Å². The number of nitrogens with zero attached hydrogens (tertiary/aromatic N) is 3. The number of rotatable bonds is 8. The van der Waals surface area contributed by atoms with E-state index in [1.165, 1.54) is 24.5 Å². The molecule has 0 bridgehead atoms. The monoisotopic (exact) mass is 584 g/mol. The molecule has 4 rings (SSSR count). The molecule has 2 heterocycles. The van der Waals surface area contributed by atoms with Crippen LogP contribution in [0.15, 0.2) is 67.0 Å². The first-order valence-corrected chi connectivity index (χ1v) is 13.7. The van der Waals surface area contributed by atoms with Gasteiger partial charge in [-0.3, -0.25) is 19.5 Å². The summed E-state index contributed by atoms with van der Waals surface area (Å²) >= 11 is 0. The van der Waals surface area contributed by atoms with Gasteiger partial charge in [0.2, 0.25) is 5.91 Å². The van der Waals surface area contributed by atoms with Crippen molar-refractivity contribution in [3.8, 4) is 5.75 Å². The average Bonchev–Trinajstić information content (AvgIpc) is 3.00. The smallest absolute Gasteiger partial charge is 0.416 e. The summed E-state index contributed by atoms with van der Waals surface area (Å²) < 4.78 is 45.4. The molecule has 0 radical (unpaired) electrons. The Morgan fingerprint density at radius 1 is 1.17 bits per heavy atom. The number of amides is 2. The molecule has 2 N–H and O–H groups in total. The van der Waals surface area contributed by atoms with E-state index in [2.05, 4.69) is 10.3 Å². The highest BCUT2D eigenvalue weighted by atomic mass is 19.4. The van der Waals surface area contributed by atoms with Gasteiger partial charge in [0.05, 0.1) is 24.6 Å². The van der Waals surface area contributed by atoms with E-state index in [-0.39, 0.29) is 36.9 Å². The standard InChI is InChI=1S/C31H35F3N4O4/c1-20-16-38(21(2)19-39)29(40)15-24-14-26(36-30(41)23-10-12-35-13-11-23)8-9-27(24)42-28(20)18-37(3)17-22-4-6-25(7-5-22)31(32,33)34/h4-14,20-21,28,39H,15-19H2,1-3H3,(H,36,41)/t20-,21-,28-/m0/s1. The topological polar surface area (TPSA) is 95.0 Å². The number of aliphatic hydroxyl groups excluding tert-OH is 1. The zero-order valence-corrected chi connectivity index (χ0v) is 23.8. The van der Waals surface area contributed by atoms with Gasteiger partial charge in [0.25, 0.3) is 5.91 Å². The summed E-state index contributed by atoms with van der Waals surface area (Å²) in [7, 11) is 1.86. The van der Waals surface area contributed by atoms with Gasteiger partial charge in [0.15, 0.2) is 0 Å². The second kappa shape index (κ2) is 13.3. The van der Waals surface area contributed by atoms with Crippen molar-refractivity contribution in [2.45, 2.75) is 45.1 Å². The van der Waals surface area contributed by atoms with Crippen LogP contribution in [0, 0.1) is 5.92 Å². The van der Waals surface area contributed by atoms with E-state index < -0.39 is 17.8 Å². The van der Waals surface area contributed by atoms with E-state index in [1.807, 2.05) is 18.9 Å². The van der Waals surface area contributed by atoms with Crippen molar-refractivity contribution in [2.24, 2.45) is 5.92 Å². The zero-order valence-electron chi connectivity index (χ0n) is 23.8. The number of likely N-dealkylation sites (N-methyl/N-ethyl adjacent to an activating group) is 1. The maximum Gasteiger partial charge on any atom is 0.416 e. The van der Waals surface area contributed by atoms with Gasteiger partial charge in [-0.25, -0.2) is 0 Å². The van der Waals surface area contributed by atoms with Crippen LogP contribution >= 0.6 is 0 Å². The number of ether oxygens (including phenoxy) is 1. The molecule has 2 amide bonds. The molecule has 2 aromatic carbocycles. The van der Waals surface area contributed by atoms with Crippen LogP contribution < -0.4 is 10.1 Å². The molecular formula is C31H35F3N4O4. The predicted molar refractivity (Wildman–Crippen MR) is 152 cm³/mol. The minimum atomic E-state index is -4.39. The van der Waals surface area contributed by atoms with Gasteiger partial charge < -0.3 is 20.1 Å². The average molecular weight is 585 g/mol. The molecule has 0 aliphatic carbocycles. The molecular weight excluding hydrogens is 549 g/mol.